The van der Waals surface area contributed by atoms with Crippen LogP contribution in [0, 0.1) is 0 Å². The molecule has 1 fully saturated rings. The molecule has 1 aliphatic rings. The van der Waals surface area contributed by atoms with Crippen LogP contribution in [0.15, 0.2) is 24.3 Å². The Balaban J connectivity index is 2.04. The van der Waals surface area contributed by atoms with E-state index in [0.29, 0.717) is 10.6 Å². The van der Waals surface area contributed by atoms with Gasteiger partial charge in [0.1, 0.15) is 6.10 Å². The van der Waals surface area contributed by atoms with E-state index in [2.05, 4.69) is 5.32 Å². The summed E-state index contributed by atoms with van der Waals surface area (Å²) in [5.74, 6) is -0.258. The number of rotatable bonds is 3. The van der Waals surface area contributed by atoms with Crippen LogP contribution in [0.4, 0.5) is 0 Å². The van der Waals surface area contributed by atoms with E-state index in [9.17, 15) is 9.90 Å². The van der Waals surface area contributed by atoms with Gasteiger partial charge in [-0.05, 0) is 31.4 Å². The number of benzene rings is 1. The Morgan fingerprint density at radius 3 is 2.84 bits per heavy atom. The van der Waals surface area contributed by atoms with Gasteiger partial charge in [0.05, 0.1) is 22.7 Å². The molecule has 4 nitrogen and oxygen atoms in total. The summed E-state index contributed by atoms with van der Waals surface area (Å²) in [5.41, 5.74) is 0.427. The summed E-state index contributed by atoms with van der Waals surface area (Å²) in [7, 11) is 1.58. The van der Waals surface area contributed by atoms with Crippen molar-refractivity contribution in [1.29, 1.82) is 0 Å². The molecule has 0 radical (unpaired) electrons. The minimum atomic E-state index is -0.676. The second-order valence-corrected chi connectivity index (χ2v) is 5.16. The Morgan fingerprint density at radius 2 is 2.16 bits per heavy atom. The number of nitrogens with one attached hydrogen (secondary N) is 1. The van der Waals surface area contributed by atoms with Crippen LogP contribution < -0.4 is 5.32 Å². The van der Waals surface area contributed by atoms with Crippen molar-refractivity contribution in [3.63, 3.8) is 0 Å². The Labute approximate surface area is 117 Å². The Kier molecular flexibility index (Phi) is 4.80. The zero-order chi connectivity index (χ0) is 13.8. The Bertz CT molecular complexity index is 452. The van der Waals surface area contributed by atoms with Gasteiger partial charge in [-0.25, -0.2) is 0 Å². The highest BCUT2D eigenvalue weighted by atomic mass is 35.5. The topological polar surface area (TPSA) is 58.6 Å². The average molecular weight is 284 g/mol. The monoisotopic (exact) mass is 283 g/mol. The summed E-state index contributed by atoms with van der Waals surface area (Å²) in [5, 5.41) is 13.4. The molecule has 0 aromatic heterocycles. The SMILES string of the molecule is CO[C@@H]1CCC[C@@H](NC(=O)c2ccccc2Cl)[C@H]1O. The molecule has 1 amide bonds. The molecule has 1 aromatic rings. The van der Waals surface area contributed by atoms with Crippen molar-refractivity contribution < 1.29 is 14.6 Å². The number of methoxy groups -OCH3 is 1. The van der Waals surface area contributed by atoms with Crippen LogP contribution in [0.2, 0.25) is 5.02 Å². The van der Waals surface area contributed by atoms with Crippen molar-refractivity contribution in [1.82, 2.24) is 5.32 Å². The van der Waals surface area contributed by atoms with Gasteiger partial charge >= 0.3 is 0 Å². The van der Waals surface area contributed by atoms with E-state index in [0.717, 1.165) is 19.3 Å². The first-order chi connectivity index (χ1) is 9.13. The third kappa shape index (κ3) is 3.26. The minimum Gasteiger partial charge on any atom is -0.388 e. The third-order valence-corrected chi connectivity index (χ3v) is 3.86. The lowest BCUT2D eigenvalue weighted by Gasteiger charge is -2.34. The van der Waals surface area contributed by atoms with Gasteiger partial charge in [-0.15, -0.1) is 0 Å². The van der Waals surface area contributed by atoms with Crippen molar-refractivity contribution in [3.05, 3.63) is 34.9 Å². The number of hydrogen-bond donors (Lipinski definition) is 2. The van der Waals surface area contributed by atoms with Gasteiger partial charge in [0.25, 0.3) is 5.91 Å². The standard InChI is InChI=1S/C14H18ClNO3/c1-19-12-8-4-7-11(13(12)17)16-14(18)9-5-2-3-6-10(9)15/h2-3,5-6,11-13,17H,4,7-8H2,1H3,(H,16,18)/t11-,12-,13-/m1/s1. The fourth-order valence-corrected chi connectivity index (χ4v) is 2.67. The summed E-state index contributed by atoms with van der Waals surface area (Å²) in [4.78, 5) is 12.1. The predicted molar refractivity (Wildman–Crippen MR) is 73.4 cm³/mol. The summed E-state index contributed by atoms with van der Waals surface area (Å²) in [6.07, 6.45) is 1.59. The van der Waals surface area contributed by atoms with Crippen molar-refractivity contribution in [2.45, 2.75) is 37.5 Å². The van der Waals surface area contributed by atoms with Gasteiger partial charge in [-0.3, -0.25) is 4.79 Å². The molecule has 3 atom stereocenters. The van der Waals surface area contributed by atoms with Gasteiger partial charge in [0.2, 0.25) is 0 Å². The van der Waals surface area contributed by atoms with Crippen LogP contribution in [0.1, 0.15) is 29.6 Å². The predicted octanol–water partition coefficient (Wildman–Crippen LogP) is 2.00. The van der Waals surface area contributed by atoms with Crippen LogP contribution in [0.3, 0.4) is 0 Å². The first-order valence-corrected chi connectivity index (χ1v) is 6.77. The van der Waals surface area contributed by atoms with Crippen LogP contribution in [0.25, 0.3) is 0 Å². The molecule has 0 heterocycles. The fourth-order valence-electron chi connectivity index (χ4n) is 2.45. The number of aliphatic hydroxyl groups excluding tert-OH is 1. The molecule has 0 spiro atoms. The molecule has 104 valence electrons. The largest absolute Gasteiger partial charge is 0.388 e. The minimum absolute atomic E-state index is 0.217. The highest BCUT2D eigenvalue weighted by Crippen LogP contribution is 2.22. The molecule has 2 N–H and O–H groups in total. The second kappa shape index (κ2) is 6.37. The summed E-state index contributed by atoms with van der Waals surface area (Å²) in [6.45, 7) is 0. The maximum atomic E-state index is 12.1. The molecule has 2 rings (SSSR count). The second-order valence-electron chi connectivity index (χ2n) is 4.76. The van der Waals surface area contributed by atoms with Crippen molar-refractivity contribution in [2.24, 2.45) is 0 Å². The molecule has 0 aliphatic heterocycles. The van der Waals surface area contributed by atoms with E-state index in [4.69, 9.17) is 16.3 Å². The lowest BCUT2D eigenvalue weighted by Crippen LogP contribution is -2.51. The van der Waals surface area contributed by atoms with E-state index in [-0.39, 0.29) is 18.1 Å². The highest BCUT2D eigenvalue weighted by molar-refractivity contribution is 6.33. The quantitative estimate of drug-likeness (QED) is 0.892. The van der Waals surface area contributed by atoms with Crippen LogP contribution in [-0.2, 0) is 4.74 Å². The van der Waals surface area contributed by atoms with E-state index in [1.54, 1.807) is 31.4 Å². The summed E-state index contributed by atoms with van der Waals surface area (Å²) >= 11 is 5.98. The number of hydrogen-bond acceptors (Lipinski definition) is 3. The zero-order valence-electron chi connectivity index (χ0n) is 10.8. The first kappa shape index (κ1) is 14.3. The number of amides is 1. The van der Waals surface area contributed by atoms with Crippen molar-refractivity contribution in [2.75, 3.05) is 7.11 Å². The van der Waals surface area contributed by atoms with Gasteiger partial charge in [0.15, 0.2) is 0 Å². The molecular weight excluding hydrogens is 266 g/mol. The number of halogens is 1. The van der Waals surface area contributed by atoms with Gasteiger partial charge in [-0.1, -0.05) is 23.7 Å². The van der Waals surface area contributed by atoms with Crippen LogP contribution in [0.5, 0.6) is 0 Å². The van der Waals surface area contributed by atoms with Gasteiger partial charge < -0.3 is 15.2 Å². The molecule has 0 unspecified atom stereocenters. The lowest BCUT2D eigenvalue weighted by atomic mass is 9.89. The van der Waals surface area contributed by atoms with Gasteiger partial charge in [-0.2, -0.15) is 0 Å². The van der Waals surface area contributed by atoms with Crippen molar-refractivity contribution >= 4 is 17.5 Å². The molecule has 5 heteroatoms. The number of carbonyl (C=O) groups is 1. The fraction of sp³-hybridized carbons (Fsp3) is 0.500. The normalized spacial score (nSPS) is 27.0. The van der Waals surface area contributed by atoms with E-state index < -0.39 is 6.10 Å². The number of ether oxygens (including phenoxy) is 1. The van der Waals surface area contributed by atoms with Crippen molar-refractivity contribution in [3.8, 4) is 0 Å². The van der Waals surface area contributed by atoms with Crippen LogP contribution in [-0.4, -0.2) is 36.4 Å². The maximum Gasteiger partial charge on any atom is 0.253 e. The summed E-state index contributed by atoms with van der Waals surface area (Å²) < 4.78 is 5.22. The Morgan fingerprint density at radius 1 is 1.42 bits per heavy atom. The third-order valence-electron chi connectivity index (χ3n) is 3.53. The van der Waals surface area contributed by atoms with E-state index >= 15 is 0 Å². The Hall–Kier alpha value is -1.10. The first-order valence-electron chi connectivity index (χ1n) is 6.39. The molecule has 0 bridgehead atoms. The smallest absolute Gasteiger partial charge is 0.253 e. The maximum absolute atomic E-state index is 12.1. The zero-order valence-corrected chi connectivity index (χ0v) is 11.6. The average Bonchev–Trinajstić information content (AvgIpc) is 2.41. The number of carbonyl (C=O) groups excluding carboxylic acids is 1. The lowest BCUT2D eigenvalue weighted by molar-refractivity contribution is -0.0513. The molecule has 19 heavy (non-hydrogen) atoms. The highest BCUT2D eigenvalue weighted by Gasteiger charge is 2.33. The van der Waals surface area contributed by atoms with E-state index in [1.807, 2.05) is 0 Å². The van der Waals surface area contributed by atoms with E-state index in [1.165, 1.54) is 0 Å². The molecule has 1 aromatic carbocycles. The molecule has 0 saturated heterocycles. The summed E-state index contributed by atoms with van der Waals surface area (Å²) in [6, 6.07) is 6.58. The molecule has 1 aliphatic carbocycles. The van der Waals surface area contributed by atoms with Crippen LogP contribution >= 0.6 is 11.6 Å². The van der Waals surface area contributed by atoms with Gasteiger partial charge in [0, 0.05) is 7.11 Å². The molecule has 1 saturated carbocycles. The number of aliphatic hydroxyl groups is 1. The molecular formula is C14H18ClNO3.